The Bertz CT molecular complexity index is 459. The molecule has 2 fully saturated rings. The van der Waals surface area contributed by atoms with Gasteiger partial charge in [-0.3, -0.25) is 4.90 Å². The second kappa shape index (κ2) is 4.63. The number of fused-ring (bicyclic) bond motifs is 2. The molecule has 2 saturated heterocycles. The maximum atomic E-state index is 5.86. The highest BCUT2D eigenvalue weighted by atomic mass is 15.3. The predicted molar refractivity (Wildman–Crippen MR) is 77.3 cm³/mol. The minimum Gasteiger partial charge on any atom is -0.368 e. The molecule has 0 saturated carbocycles. The first-order valence-electron chi connectivity index (χ1n) is 7.16. The Morgan fingerprint density at radius 1 is 1.21 bits per heavy atom. The molecule has 104 valence electrons. The highest BCUT2D eigenvalue weighted by molar-refractivity contribution is 5.45. The molecule has 1 aromatic rings. The second-order valence-corrected chi connectivity index (χ2v) is 6.12. The van der Waals surface area contributed by atoms with Crippen LogP contribution in [0.5, 0.6) is 0 Å². The molecule has 0 aliphatic carbocycles. The van der Waals surface area contributed by atoms with E-state index in [4.69, 9.17) is 5.73 Å². The van der Waals surface area contributed by atoms with Crippen LogP contribution in [0.2, 0.25) is 0 Å². The fourth-order valence-electron chi connectivity index (χ4n) is 3.23. The lowest BCUT2D eigenvalue weighted by Gasteiger charge is -2.39. The minimum atomic E-state index is 0.383. The molecular weight excluding hydrogens is 238 g/mol. The number of piperazine rings is 1. The molecule has 3 heterocycles. The fraction of sp³-hybridized carbons (Fsp3) is 0.714. The van der Waals surface area contributed by atoms with E-state index in [0.717, 1.165) is 24.6 Å². The van der Waals surface area contributed by atoms with E-state index in [0.29, 0.717) is 23.9 Å². The van der Waals surface area contributed by atoms with Gasteiger partial charge in [0.25, 0.3) is 0 Å². The lowest BCUT2D eigenvalue weighted by atomic mass is 10.1. The van der Waals surface area contributed by atoms with E-state index < -0.39 is 0 Å². The molecule has 0 aromatic carbocycles. The molecule has 2 N–H and O–H groups in total. The third-order valence-electron chi connectivity index (χ3n) is 4.51. The van der Waals surface area contributed by atoms with Gasteiger partial charge in [0.1, 0.15) is 5.82 Å². The molecular formula is C14H23N5. The summed E-state index contributed by atoms with van der Waals surface area (Å²) in [5.41, 5.74) is 6.89. The van der Waals surface area contributed by atoms with Gasteiger partial charge >= 0.3 is 0 Å². The smallest absolute Gasteiger partial charge is 0.222 e. The number of nitrogens with zero attached hydrogens (tertiary/aromatic N) is 4. The van der Waals surface area contributed by atoms with Gasteiger partial charge in [-0.1, -0.05) is 13.8 Å². The van der Waals surface area contributed by atoms with Crippen molar-refractivity contribution in [2.24, 2.45) is 0 Å². The summed E-state index contributed by atoms with van der Waals surface area (Å²) in [6, 6.07) is 3.43. The largest absolute Gasteiger partial charge is 0.368 e. The number of anilines is 2. The lowest BCUT2D eigenvalue weighted by molar-refractivity contribution is 0.212. The van der Waals surface area contributed by atoms with E-state index in [1.807, 2.05) is 0 Å². The van der Waals surface area contributed by atoms with Crippen LogP contribution in [0, 0.1) is 0 Å². The number of hydrogen-bond donors (Lipinski definition) is 1. The van der Waals surface area contributed by atoms with Crippen molar-refractivity contribution in [1.29, 1.82) is 0 Å². The van der Waals surface area contributed by atoms with E-state index >= 15 is 0 Å². The summed E-state index contributed by atoms with van der Waals surface area (Å²) in [5.74, 6) is 1.78. The number of hydrogen-bond acceptors (Lipinski definition) is 5. The van der Waals surface area contributed by atoms with Crippen LogP contribution in [-0.4, -0.2) is 47.1 Å². The standard InChI is InChI=1S/C14H23N5/c1-9(2)12-6-13(17-14(15)16-12)19-7-10-4-5-11(8-19)18(10)3/h6,9-11H,4-5,7-8H2,1-3H3,(H2,15,16,17). The molecule has 5 heteroatoms. The van der Waals surface area contributed by atoms with Crippen LogP contribution in [-0.2, 0) is 0 Å². The van der Waals surface area contributed by atoms with Gasteiger partial charge in [0.05, 0.1) is 5.69 Å². The van der Waals surface area contributed by atoms with Gasteiger partial charge in [-0.05, 0) is 25.8 Å². The van der Waals surface area contributed by atoms with Crippen LogP contribution in [0.4, 0.5) is 11.8 Å². The van der Waals surface area contributed by atoms with Crippen LogP contribution in [0.15, 0.2) is 6.07 Å². The number of nitrogens with two attached hydrogens (primary N) is 1. The van der Waals surface area contributed by atoms with Gasteiger partial charge < -0.3 is 10.6 Å². The Morgan fingerprint density at radius 2 is 1.84 bits per heavy atom. The van der Waals surface area contributed by atoms with Crippen molar-refractivity contribution in [3.63, 3.8) is 0 Å². The SMILES string of the molecule is CC(C)c1cc(N2CC3CCC(C2)N3C)nc(N)n1. The summed E-state index contributed by atoms with van der Waals surface area (Å²) in [4.78, 5) is 13.7. The molecule has 0 spiro atoms. The maximum absolute atomic E-state index is 5.86. The summed E-state index contributed by atoms with van der Waals surface area (Å²) in [5, 5.41) is 0. The molecule has 2 unspecified atom stereocenters. The van der Waals surface area contributed by atoms with Gasteiger partial charge in [-0.15, -0.1) is 0 Å². The summed E-state index contributed by atoms with van der Waals surface area (Å²) in [6.45, 7) is 6.39. The number of nitrogen functional groups attached to an aromatic ring is 1. The molecule has 0 radical (unpaired) electrons. The Balaban J connectivity index is 1.87. The van der Waals surface area contributed by atoms with Gasteiger partial charge in [-0.2, -0.15) is 4.98 Å². The van der Waals surface area contributed by atoms with Gasteiger partial charge in [0, 0.05) is 31.2 Å². The predicted octanol–water partition coefficient (Wildman–Crippen LogP) is 1.46. The van der Waals surface area contributed by atoms with Crippen LogP contribution in [0.1, 0.15) is 38.3 Å². The Hall–Kier alpha value is -1.36. The first kappa shape index (κ1) is 12.7. The van der Waals surface area contributed by atoms with E-state index in [1.54, 1.807) is 0 Å². The zero-order valence-electron chi connectivity index (χ0n) is 12.0. The average molecular weight is 261 g/mol. The summed E-state index contributed by atoms with van der Waals surface area (Å²) in [6.07, 6.45) is 2.60. The molecule has 19 heavy (non-hydrogen) atoms. The van der Waals surface area contributed by atoms with E-state index in [9.17, 15) is 0 Å². The van der Waals surface area contributed by atoms with E-state index in [2.05, 4.69) is 46.7 Å². The van der Waals surface area contributed by atoms with Gasteiger partial charge in [0.2, 0.25) is 5.95 Å². The molecule has 2 aliphatic heterocycles. The first-order valence-corrected chi connectivity index (χ1v) is 7.16. The molecule has 2 atom stereocenters. The molecule has 0 amide bonds. The van der Waals surface area contributed by atoms with E-state index in [-0.39, 0.29) is 0 Å². The van der Waals surface area contributed by atoms with Gasteiger partial charge in [0.15, 0.2) is 0 Å². The van der Waals surface area contributed by atoms with Crippen molar-refractivity contribution in [2.75, 3.05) is 30.8 Å². The quantitative estimate of drug-likeness (QED) is 0.873. The van der Waals surface area contributed by atoms with Crippen molar-refractivity contribution < 1.29 is 0 Å². The summed E-state index contributed by atoms with van der Waals surface area (Å²) < 4.78 is 0. The third-order valence-corrected chi connectivity index (χ3v) is 4.51. The van der Waals surface area contributed by atoms with Crippen molar-refractivity contribution in [1.82, 2.24) is 14.9 Å². The van der Waals surface area contributed by atoms with Crippen LogP contribution in [0.3, 0.4) is 0 Å². The van der Waals surface area contributed by atoms with Crippen molar-refractivity contribution in [2.45, 2.75) is 44.7 Å². The van der Waals surface area contributed by atoms with Crippen LogP contribution >= 0.6 is 0 Å². The molecule has 3 rings (SSSR count). The second-order valence-electron chi connectivity index (χ2n) is 6.12. The van der Waals surface area contributed by atoms with Crippen LogP contribution < -0.4 is 10.6 Å². The number of rotatable bonds is 2. The topological polar surface area (TPSA) is 58.3 Å². The minimum absolute atomic E-state index is 0.383. The molecule has 1 aromatic heterocycles. The monoisotopic (exact) mass is 261 g/mol. The van der Waals surface area contributed by atoms with Crippen molar-refractivity contribution in [3.05, 3.63) is 11.8 Å². The van der Waals surface area contributed by atoms with E-state index in [1.165, 1.54) is 12.8 Å². The highest BCUT2D eigenvalue weighted by Gasteiger charge is 2.37. The third kappa shape index (κ3) is 2.27. The Morgan fingerprint density at radius 3 is 2.42 bits per heavy atom. The first-order chi connectivity index (χ1) is 9.04. The Kier molecular flexibility index (Phi) is 3.09. The zero-order valence-corrected chi connectivity index (χ0v) is 12.0. The molecule has 2 aliphatic rings. The van der Waals surface area contributed by atoms with Crippen molar-refractivity contribution >= 4 is 11.8 Å². The summed E-state index contributed by atoms with van der Waals surface area (Å²) >= 11 is 0. The van der Waals surface area contributed by atoms with Gasteiger partial charge in [-0.25, -0.2) is 4.98 Å². The zero-order chi connectivity index (χ0) is 13.6. The molecule has 5 nitrogen and oxygen atoms in total. The normalized spacial score (nSPS) is 27.3. The van der Waals surface area contributed by atoms with Crippen molar-refractivity contribution in [3.8, 4) is 0 Å². The Labute approximate surface area is 114 Å². The van der Waals surface area contributed by atoms with Crippen LogP contribution in [0.25, 0.3) is 0 Å². The lowest BCUT2D eigenvalue weighted by Crippen LogP contribution is -2.52. The average Bonchev–Trinajstić information content (AvgIpc) is 2.61. The summed E-state index contributed by atoms with van der Waals surface area (Å²) in [7, 11) is 2.24. The highest BCUT2D eigenvalue weighted by Crippen LogP contribution is 2.31. The number of likely N-dealkylation sites (N-methyl/N-ethyl adjacent to an activating group) is 1. The number of aromatic nitrogens is 2. The molecule has 2 bridgehead atoms. The maximum Gasteiger partial charge on any atom is 0.222 e. The fourth-order valence-corrected chi connectivity index (χ4v) is 3.23.